The Bertz CT molecular complexity index is 1340. The Balaban J connectivity index is 1.13. The zero-order valence-electron chi connectivity index (χ0n) is 21.4. The highest BCUT2D eigenvalue weighted by Crippen LogP contribution is 2.42. The molecule has 1 spiro atoms. The second kappa shape index (κ2) is 10.0. The minimum absolute atomic E-state index is 0.0367. The number of hydrogen-bond donors (Lipinski definition) is 2. The Morgan fingerprint density at radius 1 is 1.00 bits per heavy atom. The topological polar surface area (TPSA) is 101 Å². The number of carbonyl (C=O) groups is 2. The second-order valence-electron chi connectivity index (χ2n) is 10.7. The minimum Gasteiger partial charge on any atom is -0.493 e. The van der Waals surface area contributed by atoms with Gasteiger partial charge in [-0.3, -0.25) is 14.6 Å². The molecule has 2 aromatic carbocycles. The van der Waals surface area contributed by atoms with Crippen LogP contribution in [0.15, 0.2) is 67.0 Å². The van der Waals surface area contributed by atoms with Crippen LogP contribution in [0.4, 0.5) is 11.4 Å². The fraction of sp³-hybridized carbons (Fsp3) is 0.367. The number of likely N-dealkylation sites (tertiary alicyclic amines) is 1. The van der Waals surface area contributed by atoms with Crippen molar-refractivity contribution in [3.63, 3.8) is 0 Å². The highest BCUT2D eigenvalue weighted by Gasteiger charge is 2.41. The third kappa shape index (κ3) is 4.66. The van der Waals surface area contributed by atoms with Crippen LogP contribution in [0.2, 0.25) is 0 Å². The highest BCUT2D eigenvalue weighted by atomic mass is 16.5. The number of carbonyl (C=O) groups excluding carboxylic acids is 2. The summed E-state index contributed by atoms with van der Waals surface area (Å²) in [7, 11) is 0. The number of nitrogens with zero attached hydrogens (tertiary/aromatic N) is 3. The summed E-state index contributed by atoms with van der Waals surface area (Å²) < 4.78 is 5.85. The van der Waals surface area contributed by atoms with Crippen molar-refractivity contribution in [3.8, 4) is 5.75 Å². The van der Waals surface area contributed by atoms with Crippen molar-refractivity contribution < 1.29 is 14.3 Å². The summed E-state index contributed by atoms with van der Waals surface area (Å²) in [5.74, 6) is 0.518. The van der Waals surface area contributed by atoms with Crippen LogP contribution < -0.4 is 20.7 Å². The summed E-state index contributed by atoms with van der Waals surface area (Å²) in [6, 6.07) is 16.5. The van der Waals surface area contributed by atoms with E-state index in [9.17, 15) is 9.59 Å². The molecule has 3 N–H and O–H groups in total. The highest BCUT2D eigenvalue weighted by molar-refractivity contribution is 5.99. The molecular formula is C30H33N5O3. The number of nitrogen functional groups attached to an aromatic ring is 1. The molecule has 0 saturated carbocycles. The molecule has 196 valence electrons. The van der Waals surface area contributed by atoms with Gasteiger partial charge < -0.3 is 25.6 Å². The molecule has 3 aliphatic heterocycles. The molecule has 2 saturated heterocycles. The van der Waals surface area contributed by atoms with Crippen LogP contribution >= 0.6 is 0 Å². The van der Waals surface area contributed by atoms with Crippen LogP contribution in [0.3, 0.4) is 0 Å². The molecule has 4 heterocycles. The van der Waals surface area contributed by atoms with E-state index in [0.29, 0.717) is 35.6 Å². The van der Waals surface area contributed by atoms with Crippen LogP contribution in [0.1, 0.15) is 58.0 Å². The Kier molecular flexibility index (Phi) is 6.39. The Hall–Kier alpha value is -4.07. The molecule has 3 aromatic rings. The number of nitrogens with one attached hydrogen (secondary N) is 1. The normalized spacial score (nSPS) is 20.1. The van der Waals surface area contributed by atoms with E-state index in [1.807, 2.05) is 35.5 Å². The first kappa shape index (κ1) is 24.3. The summed E-state index contributed by atoms with van der Waals surface area (Å²) in [6.07, 6.45) is 7.48. The third-order valence-electron chi connectivity index (χ3n) is 8.38. The van der Waals surface area contributed by atoms with E-state index in [1.165, 1.54) is 5.69 Å². The number of aromatic nitrogens is 1. The van der Waals surface area contributed by atoms with Gasteiger partial charge in [0.25, 0.3) is 11.8 Å². The van der Waals surface area contributed by atoms with Crippen molar-refractivity contribution in [2.45, 2.75) is 31.7 Å². The first-order valence-corrected chi connectivity index (χ1v) is 13.4. The van der Waals surface area contributed by atoms with E-state index in [1.54, 1.807) is 24.3 Å². The fourth-order valence-corrected chi connectivity index (χ4v) is 6.10. The molecule has 6 rings (SSSR count). The Labute approximate surface area is 222 Å². The van der Waals surface area contributed by atoms with E-state index < -0.39 is 0 Å². The maximum absolute atomic E-state index is 13.5. The average Bonchev–Trinajstić information content (AvgIpc) is 3.37. The van der Waals surface area contributed by atoms with E-state index in [-0.39, 0.29) is 23.3 Å². The van der Waals surface area contributed by atoms with Crippen molar-refractivity contribution in [1.29, 1.82) is 0 Å². The molecular weight excluding hydrogens is 478 g/mol. The van der Waals surface area contributed by atoms with Gasteiger partial charge in [0, 0.05) is 67.5 Å². The van der Waals surface area contributed by atoms with Gasteiger partial charge in [0.15, 0.2) is 0 Å². The lowest BCUT2D eigenvalue weighted by Crippen LogP contribution is -2.44. The largest absolute Gasteiger partial charge is 0.493 e. The van der Waals surface area contributed by atoms with E-state index in [0.717, 1.165) is 51.0 Å². The number of pyridine rings is 1. The summed E-state index contributed by atoms with van der Waals surface area (Å²) in [5, 5.41) is 3.10. The van der Waals surface area contributed by atoms with E-state index in [4.69, 9.17) is 10.5 Å². The summed E-state index contributed by atoms with van der Waals surface area (Å²) >= 11 is 0. The molecule has 2 amide bonds. The van der Waals surface area contributed by atoms with E-state index >= 15 is 0 Å². The molecule has 0 radical (unpaired) electrons. The molecule has 0 unspecified atom stereocenters. The lowest BCUT2D eigenvalue weighted by atomic mass is 9.77. The first-order chi connectivity index (χ1) is 18.5. The summed E-state index contributed by atoms with van der Waals surface area (Å²) in [5.41, 5.74) is 9.85. The number of hydrogen-bond acceptors (Lipinski definition) is 6. The van der Waals surface area contributed by atoms with Gasteiger partial charge in [-0.2, -0.15) is 0 Å². The maximum atomic E-state index is 13.5. The average molecular weight is 512 g/mol. The van der Waals surface area contributed by atoms with Gasteiger partial charge in [0.05, 0.1) is 18.2 Å². The lowest BCUT2D eigenvalue weighted by molar-refractivity contribution is 0.0610. The van der Waals surface area contributed by atoms with Gasteiger partial charge in [-0.15, -0.1) is 0 Å². The number of ether oxygens (including phenoxy) is 1. The van der Waals surface area contributed by atoms with Crippen LogP contribution in [0.25, 0.3) is 0 Å². The number of anilines is 2. The van der Waals surface area contributed by atoms with Crippen LogP contribution in [-0.2, 0) is 0 Å². The van der Waals surface area contributed by atoms with Gasteiger partial charge in [-0.05, 0) is 67.1 Å². The Morgan fingerprint density at radius 3 is 2.55 bits per heavy atom. The zero-order chi connectivity index (χ0) is 26.1. The summed E-state index contributed by atoms with van der Waals surface area (Å²) in [4.78, 5) is 35.0. The smallest absolute Gasteiger partial charge is 0.253 e. The molecule has 3 aliphatic rings. The van der Waals surface area contributed by atoms with Gasteiger partial charge >= 0.3 is 0 Å². The zero-order valence-corrected chi connectivity index (χ0v) is 21.4. The van der Waals surface area contributed by atoms with E-state index in [2.05, 4.69) is 27.3 Å². The minimum atomic E-state index is -0.249. The van der Waals surface area contributed by atoms with Gasteiger partial charge in [0.2, 0.25) is 0 Å². The summed E-state index contributed by atoms with van der Waals surface area (Å²) in [6.45, 7) is 4.08. The second-order valence-corrected chi connectivity index (χ2v) is 10.7. The van der Waals surface area contributed by atoms with Crippen molar-refractivity contribution in [3.05, 3.63) is 83.7 Å². The van der Waals surface area contributed by atoms with Crippen molar-refractivity contribution >= 4 is 23.2 Å². The predicted molar refractivity (Wildman–Crippen MR) is 146 cm³/mol. The SMILES string of the molecule is Nc1ccccc1C(=O)N[C@@H]1CCOc2ccc(C(=O)N3CCC4(CC3)CCN(c3ccncc3)C4)cc21. The third-order valence-corrected chi connectivity index (χ3v) is 8.38. The van der Waals surface area contributed by atoms with Gasteiger partial charge in [-0.25, -0.2) is 0 Å². The molecule has 8 nitrogen and oxygen atoms in total. The molecule has 1 aromatic heterocycles. The monoisotopic (exact) mass is 511 g/mol. The van der Waals surface area contributed by atoms with Crippen molar-refractivity contribution in [1.82, 2.24) is 15.2 Å². The molecule has 2 fully saturated rings. The number of rotatable bonds is 4. The van der Waals surface area contributed by atoms with Crippen LogP contribution in [-0.4, -0.2) is 54.5 Å². The van der Waals surface area contributed by atoms with Gasteiger partial charge in [0.1, 0.15) is 5.75 Å². The number of fused-ring (bicyclic) bond motifs is 1. The lowest BCUT2D eigenvalue weighted by Gasteiger charge is -2.39. The molecule has 0 bridgehead atoms. The number of nitrogens with two attached hydrogens (primary N) is 1. The number of piperidine rings is 1. The maximum Gasteiger partial charge on any atom is 0.253 e. The number of benzene rings is 2. The van der Waals surface area contributed by atoms with Crippen molar-refractivity contribution in [2.75, 3.05) is 43.4 Å². The molecule has 1 atom stereocenters. The first-order valence-electron chi connectivity index (χ1n) is 13.4. The van der Waals surface area contributed by atoms with Crippen LogP contribution in [0.5, 0.6) is 5.75 Å². The molecule has 0 aliphatic carbocycles. The number of amides is 2. The fourth-order valence-electron chi connectivity index (χ4n) is 6.10. The Morgan fingerprint density at radius 2 is 1.76 bits per heavy atom. The molecule has 38 heavy (non-hydrogen) atoms. The van der Waals surface area contributed by atoms with Crippen LogP contribution in [0, 0.1) is 5.41 Å². The number of para-hydroxylation sites is 1. The van der Waals surface area contributed by atoms with Gasteiger partial charge in [-0.1, -0.05) is 12.1 Å². The predicted octanol–water partition coefficient (Wildman–Crippen LogP) is 4.05. The molecule has 8 heteroatoms. The standard InChI is InChI=1S/C30H33N5O3/c31-25-4-2-1-3-23(25)28(36)33-26-9-18-38-27-6-5-21(19-24(26)27)29(37)34-15-10-30(11-16-34)12-17-35(20-30)22-7-13-32-14-8-22/h1-8,13-14,19,26H,9-12,15-18,20,31H2,(H,33,36)/t26-/m1/s1. The van der Waals surface area contributed by atoms with Crippen molar-refractivity contribution in [2.24, 2.45) is 5.41 Å². The quantitative estimate of drug-likeness (QED) is 0.513.